The summed E-state index contributed by atoms with van der Waals surface area (Å²) in [6.45, 7) is 0.463. The zero-order valence-corrected chi connectivity index (χ0v) is 16.5. The van der Waals surface area contributed by atoms with Crippen molar-refractivity contribution in [3.8, 4) is 5.75 Å². The number of hydrogen-bond donors (Lipinski definition) is 3. The van der Waals surface area contributed by atoms with Gasteiger partial charge in [0.2, 0.25) is 5.91 Å². The summed E-state index contributed by atoms with van der Waals surface area (Å²) in [4.78, 5) is 17.4. The van der Waals surface area contributed by atoms with Crippen LogP contribution in [0.2, 0.25) is 0 Å². The van der Waals surface area contributed by atoms with E-state index >= 15 is 0 Å². The molecule has 1 atom stereocenters. The number of nitrogens with zero attached hydrogens (tertiary/aromatic N) is 1. The summed E-state index contributed by atoms with van der Waals surface area (Å²) in [7, 11) is 0. The maximum atomic E-state index is 13.0. The summed E-state index contributed by atoms with van der Waals surface area (Å²) in [6, 6.07) is 15.0. The van der Waals surface area contributed by atoms with E-state index in [2.05, 4.69) is 10.3 Å². The van der Waals surface area contributed by atoms with Gasteiger partial charge in [-0.15, -0.1) is 0 Å². The smallest absolute Gasteiger partial charge is 0.223 e. The van der Waals surface area contributed by atoms with Crippen molar-refractivity contribution in [2.24, 2.45) is 11.7 Å². The van der Waals surface area contributed by atoms with Gasteiger partial charge in [0.25, 0.3) is 0 Å². The van der Waals surface area contributed by atoms with E-state index in [0.717, 1.165) is 42.2 Å². The molecule has 5 heteroatoms. The first-order chi connectivity index (χ1) is 14.2. The van der Waals surface area contributed by atoms with Gasteiger partial charge in [0.05, 0.1) is 6.04 Å². The number of aromatic nitrogens is 1. The highest BCUT2D eigenvalue weighted by Gasteiger charge is 2.27. The second-order valence-corrected chi connectivity index (χ2v) is 7.80. The molecule has 1 amide bonds. The van der Waals surface area contributed by atoms with Crippen molar-refractivity contribution in [3.63, 3.8) is 0 Å². The summed E-state index contributed by atoms with van der Waals surface area (Å²) in [5.74, 6) is 0.202. The van der Waals surface area contributed by atoms with Crippen LogP contribution in [0.15, 0.2) is 54.7 Å². The number of hydrogen-bond acceptors (Lipinski definition) is 4. The number of phenolic OH excluding ortho intramolecular Hbond substituents is 1. The highest BCUT2D eigenvalue weighted by molar-refractivity contribution is 5.86. The molecule has 1 fully saturated rings. The number of amides is 1. The van der Waals surface area contributed by atoms with Crippen LogP contribution in [-0.2, 0) is 11.3 Å². The lowest BCUT2D eigenvalue weighted by molar-refractivity contribution is -0.126. The van der Waals surface area contributed by atoms with Crippen LogP contribution in [0.5, 0.6) is 5.75 Å². The van der Waals surface area contributed by atoms with Crippen LogP contribution in [0.1, 0.15) is 54.8 Å². The molecule has 1 saturated carbocycles. The number of nitrogens with one attached hydrogen (secondary N) is 1. The zero-order chi connectivity index (χ0) is 20.2. The molecule has 1 heterocycles. The van der Waals surface area contributed by atoms with E-state index in [1.807, 2.05) is 48.5 Å². The summed E-state index contributed by atoms with van der Waals surface area (Å²) >= 11 is 0. The maximum absolute atomic E-state index is 13.0. The lowest BCUT2D eigenvalue weighted by Gasteiger charge is -2.26. The van der Waals surface area contributed by atoms with E-state index in [1.165, 1.54) is 6.42 Å². The molecule has 1 aliphatic carbocycles. The third kappa shape index (κ3) is 4.10. The number of phenols is 1. The average Bonchev–Trinajstić information content (AvgIpc) is 2.79. The lowest BCUT2D eigenvalue weighted by atomic mass is 9.87. The fourth-order valence-electron chi connectivity index (χ4n) is 4.19. The maximum Gasteiger partial charge on any atom is 0.223 e. The molecular formula is C24H27N3O2. The number of benzene rings is 2. The second kappa shape index (κ2) is 8.62. The van der Waals surface area contributed by atoms with Crippen molar-refractivity contribution in [1.82, 2.24) is 10.3 Å². The van der Waals surface area contributed by atoms with Crippen LogP contribution >= 0.6 is 0 Å². The predicted octanol–water partition coefficient (Wildman–Crippen LogP) is 4.19. The number of rotatable bonds is 5. The Morgan fingerprint density at radius 2 is 1.86 bits per heavy atom. The normalized spacial score (nSPS) is 15.9. The summed E-state index contributed by atoms with van der Waals surface area (Å²) < 4.78 is 0. The van der Waals surface area contributed by atoms with Crippen molar-refractivity contribution < 1.29 is 9.90 Å². The first-order valence-electron chi connectivity index (χ1n) is 10.3. The number of pyridine rings is 1. The molecule has 2 aromatic carbocycles. The first-order valence-corrected chi connectivity index (χ1v) is 10.3. The molecular weight excluding hydrogens is 362 g/mol. The standard InChI is InChI=1S/C24H27N3O2/c25-15-16-8-10-18(11-9-16)21(27-24(29)19-5-2-1-3-6-19)20-13-12-17-7-4-14-26-22(17)23(20)28/h4,7-14,19,21,28H,1-3,5-6,15,25H2,(H,27,29). The first kappa shape index (κ1) is 19.4. The van der Waals surface area contributed by atoms with Crippen LogP contribution in [0.4, 0.5) is 0 Å². The van der Waals surface area contributed by atoms with Crippen molar-refractivity contribution >= 4 is 16.8 Å². The predicted molar refractivity (Wildman–Crippen MR) is 114 cm³/mol. The number of carbonyl (C=O) groups excluding carboxylic acids is 1. The Morgan fingerprint density at radius 1 is 1.10 bits per heavy atom. The van der Waals surface area contributed by atoms with Gasteiger partial charge in [0.1, 0.15) is 11.3 Å². The molecule has 150 valence electrons. The molecule has 0 saturated heterocycles. The van der Waals surface area contributed by atoms with Crippen LogP contribution in [0, 0.1) is 5.92 Å². The molecule has 1 unspecified atom stereocenters. The molecule has 4 rings (SSSR count). The van der Waals surface area contributed by atoms with Crippen molar-refractivity contribution in [1.29, 1.82) is 0 Å². The van der Waals surface area contributed by atoms with Gasteiger partial charge in [0, 0.05) is 29.6 Å². The minimum atomic E-state index is -0.442. The van der Waals surface area contributed by atoms with Gasteiger partial charge in [-0.05, 0) is 30.0 Å². The van der Waals surface area contributed by atoms with Crippen molar-refractivity contribution in [2.75, 3.05) is 0 Å². The topological polar surface area (TPSA) is 88.2 Å². The van der Waals surface area contributed by atoms with Crippen molar-refractivity contribution in [2.45, 2.75) is 44.7 Å². The van der Waals surface area contributed by atoms with Gasteiger partial charge in [-0.1, -0.05) is 61.7 Å². The molecule has 4 N–H and O–H groups in total. The Labute approximate surface area is 171 Å². The number of nitrogens with two attached hydrogens (primary N) is 1. The third-order valence-electron chi connectivity index (χ3n) is 5.90. The fraction of sp³-hybridized carbons (Fsp3) is 0.333. The Balaban J connectivity index is 1.73. The van der Waals surface area contributed by atoms with Gasteiger partial charge in [-0.3, -0.25) is 9.78 Å². The quantitative estimate of drug-likeness (QED) is 0.611. The van der Waals surface area contributed by atoms with Crippen LogP contribution < -0.4 is 11.1 Å². The van der Waals surface area contributed by atoms with E-state index in [4.69, 9.17) is 5.73 Å². The number of fused-ring (bicyclic) bond motifs is 1. The van der Waals surface area contributed by atoms with Gasteiger partial charge in [-0.25, -0.2) is 0 Å². The lowest BCUT2D eigenvalue weighted by Crippen LogP contribution is -2.35. The summed E-state index contributed by atoms with van der Waals surface area (Å²) in [5.41, 5.74) is 8.87. The minimum absolute atomic E-state index is 0.0373. The molecule has 1 aromatic heterocycles. The Bertz CT molecular complexity index is 995. The van der Waals surface area contributed by atoms with Crippen LogP contribution in [-0.4, -0.2) is 16.0 Å². The third-order valence-corrected chi connectivity index (χ3v) is 5.90. The summed E-state index contributed by atoms with van der Waals surface area (Å²) in [5, 5.41) is 15.0. The summed E-state index contributed by atoms with van der Waals surface area (Å²) in [6.07, 6.45) is 6.91. The molecule has 5 nitrogen and oxygen atoms in total. The Hall–Kier alpha value is -2.92. The van der Waals surface area contributed by atoms with Crippen LogP contribution in [0.25, 0.3) is 10.9 Å². The van der Waals surface area contributed by atoms with Gasteiger partial charge in [0.15, 0.2) is 0 Å². The average molecular weight is 389 g/mol. The monoisotopic (exact) mass is 389 g/mol. The second-order valence-electron chi connectivity index (χ2n) is 7.80. The van der Waals surface area contributed by atoms with Gasteiger partial charge >= 0.3 is 0 Å². The van der Waals surface area contributed by atoms with E-state index in [0.29, 0.717) is 17.6 Å². The zero-order valence-electron chi connectivity index (χ0n) is 16.5. The number of aromatic hydroxyl groups is 1. The fourth-order valence-corrected chi connectivity index (χ4v) is 4.19. The SMILES string of the molecule is NCc1ccc(C(NC(=O)C2CCCCC2)c2ccc3cccnc3c2O)cc1. The molecule has 3 aromatic rings. The molecule has 29 heavy (non-hydrogen) atoms. The van der Waals surface area contributed by atoms with E-state index in [9.17, 15) is 9.90 Å². The highest BCUT2D eigenvalue weighted by atomic mass is 16.3. The molecule has 0 bridgehead atoms. The molecule has 1 aliphatic rings. The van der Waals surface area contributed by atoms with E-state index in [-0.39, 0.29) is 17.6 Å². The van der Waals surface area contributed by atoms with Crippen LogP contribution in [0.3, 0.4) is 0 Å². The molecule has 0 aliphatic heterocycles. The molecule has 0 spiro atoms. The largest absolute Gasteiger partial charge is 0.505 e. The minimum Gasteiger partial charge on any atom is -0.505 e. The van der Waals surface area contributed by atoms with Gasteiger partial charge < -0.3 is 16.2 Å². The van der Waals surface area contributed by atoms with Crippen molar-refractivity contribution in [3.05, 3.63) is 71.4 Å². The Kier molecular flexibility index (Phi) is 5.76. The van der Waals surface area contributed by atoms with E-state index < -0.39 is 6.04 Å². The van der Waals surface area contributed by atoms with E-state index in [1.54, 1.807) is 6.20 Å². The Morgan fingerprint density at radius 3 is 2.59 bits per heavy atom. The number of carbonyl (C=O) groups is 1. The molecule has 0 radical (unpaired) electrons. The highest BCUT2D eigenvalue weighted by Crippen LogP contribution is 2.35. The van der Waals surface area contributed by atoms with Gasteiger partial charge in [-0.2, -0.15) is 0 Å².